The van der Waals surface area contributed by atoms with Crippen LogP contribution in [0.1, 0.15) is 30.9 Å². The van der Waals surface area contributed by atoms with E-state index in [9.17, 15) is 23.1 Å². The third-order valence-corrected chi connectivity index (χ3v) is 6.71. The van der Waals surface area contributed by atoms with Gasteiger partial charge in [0.05, 0.1) is 0 Å². The number of likely N-dealkylation sites (tertiary alicyclic amines) is 1. The Bertz CT molecular complexity index is 1060. The molecule has 2 aromatic carbocycles. The molecule has 0 aliphatic carbocycles. The summed E-state index contributed by atoms with van der Waals surface area (Å²) in [5.41, 5.74) is -0.378. The third-order valence-electron chi connectivity index (χ3n) is 6.71. The Labute approximate surface area is 199 Å². The molecule has 35 heavy (non-hydrogen) atoms. The van der Waals surface area contributed by atoms with E-state index in [1.165, 1.54) is 4.90 Å². The van der Waals surface area contributed by atoms with E-state index in [4.69, 9.17) is 18.9 Å². The molecule has 1 saturated heterocycles. The minimum Gasteiger partial charge on any atom is -0.454 e. The van der Waals surface area contributed by atoms with E-state index in [1.54, 1.807) is 36.4 Å². The summed E-state index contributed by atoms with van der Waals surface area (Å²) in [6.07, 6.45) is -7.20. The van der Waals surface area contributed by atoms with E-state index in [-0.39, 0.29) is 32.6 Å². The predicted molar refractivity (Wildman–Crippen MR) is 114 cm³/mol. The first kappa shape index (κ1) is 23.4. The molecular formula is C24H24F3NO7. The fourth-order valence-corrected chi connectivity index (χ4v) is 4.68. The van der Waals surface area contributed by atoms with Crippen molar-refractivity contribution in [2.75, 3.05) is 26.7 Å². The number of benzene rings is 2. The number of hydrogen-bond donors (Lipinski definition) is 1. The summed E-state index contributed by atoms with van der Waals surface area (Å²) in [4.78, 5) is 13.5. The van der Waals surface area contributed by atoms with E-state index in [0.717, 1.165) is 6.92 Å². The third kappa shape index (κ3) is 4.29. The van der Waals surface area contributed by atoms with Crippen LogP contribution in [0.25, 0.3) is 0 Å². The van der Waals surface area contributed by atoms with Crippen LogP contribution in [0.2, 0.25) is 0 Å². The zero-order chi connectivity index (χ0) is 24.8. The number of rotatable bonds is 4. The Hall–Kier alpha value is -3.34. The predicted octanol–water partition coefficient (Wildman–Crippen LogP) is 4.18. The maximum Gasteiger partial charge on any atom is 0.425 e. The van der Waals surface area contributed by atoms with Crippen LogP contribution >= 0.6 is 0 Å². The first-order chi connectivity index (χ1) is 16.7. The number of nitrogens with zero attached hydrogens (tertiary/aromatic N) is 1. The van der Waals surface area contributed by atoms with Gasteiger partial charge < -0.3 is 33.7 Å². The zero-order valence-electron chi connectivity index (χ0n) is 18.8. The molecule has 188 valence electrons. The minimum atomic E-state index is -4.63. The van der Waals surface area contributed by atoms with Crippen LogP contribution in [0.15, 0.2) is 36.4 Å². The number of aliphatic hydroxyl groups is 1. The van der Waals surface area contributed by atoms with E-state index >= 15 is 0 Å². The average molecular weight is 495 g/mol. The highest BCUT2D eigenvalue weighted by Gasteiger charge is 2.45. The molecule has 0 spiro atoms. The zero-order valence-corrected chi connectivity index (χ0v) is 18.8. The number of piperidine rings is 1. The molecule has 1 N–H and O–H groups in total. The van der Waals surface area contributed by atoms with Gasteiger partial charge in [0.15, 0.2) is 29.1 Å². The lowest BCUT2D eigenvalue weighted by Gasteiger charge is -2.42. The van der Waals surface area contributed by atoms with Crippen LogP contribution in [0.5, 0.6) is 23.0 Å². The van der Waals surface area contributed by atoms with Crippen molar-refractivity contribution in [2.45, 2.75) is 37.6 Å². The lowest BCUT2D eigenvalue weighted by atomic mass is 9.72. The van der Waals surface area contributed by atoms with Gasteiger partial charge in [0.2, 0.25) is 13.6 Å². The van der Waals surface area contributed by atoms with E-state index in [0.29, 0.717) is 47.0 Å². The van der Waals surface area contributed by atoms with Gasteiger partial charge in [0.25, 0.3) is 0 Å². The SMILES string of the molecule is CC(OC(=O)N1CCC(C(O)(c2ccc3c(c2)OCO3)c2ccc3c(c2)OCO3)CC1)C(F)(F)F. The van der Waals surface area contributed by atoms with Crippen molar-refractivity contribution in [1.82, 2.24) is 4.90 Å². The molecule has 1 fully saturated rings. The Balaban J connectivity index is 1.41. The van der Waals surface area contributed by atoms with Gasteiger partial charge in [-0.05, 0) is 61.1 Å². The lowest BCUT2D eigenvalue weighted by Crippen LogP contribution is -2.47. The van der Waals surface area contributed by atoms with Gasteiger partial charge >= 0.3 is 12.3 Å². The second-order valence-electron chi connectivity index (χ2n) is 8.73. The van der Waals surface area contributed by atoms with Crippen LogP contribution in [-0.2, 0) is 10.3 Å². The highest BCUT2D eigenvalue weighted by molar-refractivity contribution is 5.68. The normalized spacial score (nSPS) is 18.5. The number of hydrogen-bond acceptors (Lipinski definition) is 7. The lowest BCUT2D eigenvalue weighted by molar-refractivity contribution is -0.200. The Kier molecular flexibility index (Phi) is 5.82. The number of carbonyl (C=O) groups excluding carboxylic acids is 1. The topological polar surface area (TPSA) is 86.7 Å². The molecule has 0 radical (unpaired) electrons. The van der Waals surface area contributed by atoms with Gasteiger partial charge in [-0.2, -0.15) is 13.2 Å². The van der Waals surface area contributed by atoms with Crippen LogP contribution in [0, 0.1) is 5.92 Å². The molecule has 0 bridgehead atoms. The van der Waals surface area contributed by atoms with Crippen molar-refractivity contribution in [3.63, 3.8) is 0 Å². The van der Waals surface area contributed by atoms with Crippen molar-refractivity contribution in [3.05, 3.63) is 47.5 Å². The summed E-state index contributed by atoms with van der Waals surface area (Å²) in [7, 11) is 0. The molecule has 1 unspecified atom stereocenters. The van der Waals surface area contributed by atoms with Gasteiger partial charge in [-0.25, -0.2) is 4.79 Å². The average Bonchev–Trinajstić information content (AvgIpc) is 3.51. The molecule has 2 aromatic rings. The van der Waals surface area contributed by atoms with E-state index in [2.05, 4.69) is 4.74 Å². The maximum atomic E-state index is 12.8. The molecule has 1 atom stereocenters. The van der Waals surface area contributed by atoms with Crippen LogP contribution < -0.4 is 18.9 Å². The quantitative estimate of drug-likeness (QED) is 0.681. The van der Waals surface area contributed by atoms with Crippen molar-refractivity contribution < 1.29 is 46.8 Å². The second kappa shape index (κ2) is 8.71. The summed E-state index contributed by atoms with van der Waals surface area (Å²) < 4.78 is 64.8. The fraction of sp³-hybridized carbons (Fsp3) is 0.458. The molecule has 3 aliphatic heterocycles. The molecule has 3 heterocycles. The number of fused-ring (bicyclic) bond motifs is 2. The number of carbonyl (C=O) groups is 1. The smallest absolute Gasteiger partial charge is 0.425 e. The first-order valence-electron chi connectivity index (χ1n) is 11.2. The van der Waals surface area contributed by atoms with Gasteiger partial charge in [-0.1, -0.05) is 12.1 Å². The molecule has 1 amide bonds. The highest BCUT2D eigenvalue weighted by atomic mass is 19.4. The summed E-state index contributed by atoms with van der Waals surface area (Å²) in [5.74, 6) is 1.77. The maximum absolute atomic E-state index is 12.8. The minimum absolute atomic E-state index is 0.0814. The van der Waals surface area contributed by atoms with E-state index in [1.807, 2.05) is 0 Å². The molecule has 3 aliphatic rings. The van der Waals surface area contributed by atoms with Crippen LogP contribution in [0.3, 0.4) is 0 Å². The summed E-state index contributed by atoms with van der Waals surface area (Å²) in [6.45, 7) is 1.22. The van der Waals surface area contributed by atoms with Crippen molar-refractivity contribution in [3.8, 4) is 23.0 Å². The van der Waals surface area contributed by atoms with Gasteiger partial charge in [0.1, 0.15) is 5.60 Å². The molecule has 11 heteroatoms. The molecule has 0 aromatic heterocycles. The standard InChI is InChI=1S/C24H24F3NO7/c1-14(24(25,26)27)35-22(29)28-8-6-15(7-9-28)23(30,16-2-4-18-20(10-16)33-12-31-18)17-3-5-19-21(11-17)34-13-32-19/h2-5,10-11,14-15,30H,6-9,12-13H2,1H3. The highest BCUT2D eigenvalue weighted by Crippen LogP contribution is 2.47. The van der Waals surface area contributed by atoms with Crippen LogP contribution in [0.4, 0.5) is 18.0 Å². The Morgan fingerprint density at radius 3 is 1.91 bits per heavy atom. The Morgan fingerprint density at radius 2 is 1.43 bits per heavy atom. The fourth-order valence-electron chi connectivity index (χ4n) is 4.68. The summed E-state index contributed by atoms with van der Waals surface area (Å²) in [6, 6.07) is 10.4. The van der Waals surface area contributed by atoms with Crippen molar-refractivity contribution in [1.29, 1.82) is 0 Å². The molecule has 0 saturated carbocycles. The number of amides is 1. The van der Waals surface area contributed by atoms with Gasteiger partial charge in [-0.15, -0.1) is 0 Å². The largest absolute Gasteiger partial charge is 0.454 e. The van der Waals surface area contributed by atoms with Crippen molar-refractivity contribution in [2.24, 2.45) is 5.92 Å². The summed E-state index contributed by atoms with van der Waals surface area (Å²) in [5, 5.41) is 12.2. The monoisotopic (exact) mass is 495 g/mol. The molecular weight excluding hydrogens is 471 g/mol. The van der Waals surface area contributed by atoms with Gasteiger partial charge in [-0.3, -0.25) is 0 Å². The number of ether oxygens (including phenoxy) is 5. The van der Waals surface area contributed by atoms with Crippen molar-refractivity contribution >= 4 is 6.09 Å². The molecule has 5 rings (SSSR count). The van der Waals surface area contributed by atoms with E-state index < -0.39 is 24.0 Å². The van der Waals surface area contributed by atoms with Gasteiger partial charge in [0, 0.05) is 13.1 Å². The number of alkyl halides is 3. The number of halogens is 3. The summed E-state index contributed by atoms with van der Waals surface area (Å²) >= 11 is 0. The van der Waals surface area contributed by atoms with Crippen LogP contribution in [-0.4, -0.2) is 55.1 Å². The first-order valence-corrected chi connectivity index (χ1v) is 11.2. The Morgan fingerprint density at radius 1 is 0.943 bits per heavy atom. The molecule has 8 nitrogen and oxygen atoms in total. The second-order valence-corrected chi connectivity index (χ2v) is 8.73.